The Morgan fingerprint density at radius 2 is 1.31 bits per heavy atom. The van der Waals surface area contributed by atoms with Gasteiger partial charge < -0.3 is 9.29 Å². The van der Waals surface area contributed by atoms with Crippen LogP contribution in [0.5, 0.6) is 5.75 Å². The third-order valence-corrected chi connectivity index (χ3v) is 5.91. The summed E-state index contributed by atoms with van der Waals surface area (Å²) >= 11 is 0. The Bertz CT molecular complexity index is 614. The Labute approximate surface area is 201 Å². The predicted molar refractivity (Wildman–Crippen MR) is 116 cm³/mol. The van der Waals surface area contributed by atoms with Crippen LogP contribution in [0.25, 0.3) is 0 Å². The zero-order chi connectivity index (χ0) is 20.8. The molecule has 0 spiro atoms. The van der Waals surface area contributed by atoms with Crippen molar-refractivity contribution in [3.63, 3.8) is 0 Å². The van der Waals surface area contributed by atoms with Crippen LogP contribution in [0.15, 0.2) is 18.2 Å². The Kier molecular flexibility index (Phi) is 16.6. The van der Waals surface area contributed by atoms with Crippen LogP contribution >= 0.6 is 0 Å². The van der Waals surface area contributed by atoms with Gasteiger partial charge in [-0.1, -0.05) is 83.4 Å². The first-order chi connectivity index (χ1) is 13.4. The molecular formula is C23H39NaO4S. The molecular weight excluding hydrogens is 395 g/mol. The monoisotopic (exact) mass is 434 g/mol. The summed E-state index contributed by atoms with van der Waals surface area (Å²) in [7, 11) is -4.30. The van der Waals surface area contributed by atoms with Crippen molar-refractivity contribution in [2.24, 2.45) is 0 Å². The first-order valence-corrected chi connectivity index (χ1v) is 12.7. The molecule has 1 unspecified atom stereocenters. The molecule has 162 valence electrons. The quantitative estimate of drug-likeness (QED) is 0.228. The molecule has 0 fully saturated rings. The minimum atomic E-state index is -4.30. The fourth-order valence-corrected chi connectivity index (χ4v) is 4.19. The maximum absolute atomic E-state index is 11.1. The van der Waals surface area contributed by atoms with Crippen LogP contribution in [0.4, 0.5) is 0 Å². The average Bonchev–Trinajstić information content (AvgIpc) is 2.61. The van der Waals surface area contributed by atoms with Crippen molar-refractivity contribution in [3.8, 4) is 5.75 Å². The van der Waals surface area contributed by atoms with Gasteiger partial charge in [0.2, 0.25) is 0 Å². The van der Waals surface area contributed by atoms with Crippen LogP contribution < -0.4 is 34.3 Å². The van der Waals surface area contributed by atoms with Crippen molar-refractivity contribution in [3.05, 3.63) is 29.3 Å². The smallest absolute Gasteiger partial charge is 0.748 e. The molecule has 6 heteroatoms. The summed E-state index contributed by atoms with van der Waals surface area (Å²) in [5.41, 5.74) is 2.27. The normalized spacial score (nSPS) is 12.4. The maximum Gasteiger partial charge on any atom is 1.00 e. The topological polar surface area (TPSA) is 66.4 Å². The minimum absolute atomic E-state index is 0. The molecule has 0 saturated carbocycles. The molecule has 0 aromatic heterocycles. The van der Waals surface area contributed by atoms with Gasteiger partial charge in [0, 0.05) is 0 Å². The molecule has 0 bridgehead atoms. The molecule has 0 amide bonds. The zero-order valence-electron chi connectivity index (χ0n) is 19.0. The number of hydrogen-bond donors (Lipinski definition) is 0. The molecule has 29 heavy (non-hydrogen) atoms. The van der Waals surface area contributed by atoms with Crippen molar-refractivity contribution < 1.29 is 47.3 Å². The molecule has 0 aliphatic carbocycles. The standard InChI is InChI=1S/C23H40O4S.Na/c1-4-6-8-10-12-15-21-17-14-18-22(16-13-11-9-7-5-2)23(21)27-20(3)19-28(24,25)26;/h14,17-18,20H,4-13,15-16,19H2,1-3H3,(H,24,25,26);/q;+1/p-1. The van der Waals surface area contributed by atoms with Crippen LogP contribution in [0.1, 0.15) is 96.1 Å². The van der Waals surface area contributed by atoms with Crippen molar-refractivity contribution in [1.82, 2.24) is 0 Å². The Morgan fingerprint density at radius 1 is 0.862 bits per heavy atom. The van der Waals surface area contributed by atoms with Crippen LogP contribution in [-0.4, -0.2) is 24.8 Å². The summed E-state index contributed by atoms with van der Waals surface area (Å²) in [6, 6.07) is 6.23. The summed E-state index contributed by atoms with van der Waals surface area (Å²) in [6.45, 7) is 6.08. The van der Waals surface area contributed by atoms with Gasteiger partial charge in [0.15, 0.2) is 0 Å². The molecule has 1 rings (SSSR count). The number of hydrogen-bond acceptors (Lipinski definition) is 4. The van der Waals surface area contributed by atoms with E-state index < -0.39 is 22.0 Å². The van der Waals surface area contributed by atoms with Crippen molar-refractivity contribution in [2.45, 2.75) is 104 Å². The predicted octanol–water partition coefficient (Wildman–Crippen LogP) is 3.03. The molecule has 4 nitrogen and oxygen atoms in total. The summed E-state index contributed by atoms with van der Waals surface area (Å²) in [5, 5.41) is 0. The number of rotatable bonds is 16. The van der Waals surface area contributed by atoms with Gasteiger partial charge in [0.25, 0.3) is 0 Å². The largest absolute Gasteiger partial charge is 1.00 e. The molecule has 0 saturated heterocycles. The van der Waals surface area contributed by atoms with Crippen molar-refractivity contribution in [2.75, 3.05) is 5.75 Å². The average molecular weight is 435 g/mol. The van der Waals surface area contributed by atoms with Crippen LogP contribution in [-0.2, 0) is 23.0 Å². The molecule has 1 aromatic carbocycles. The molecule has 0 heterocycles. The van der Waals surface area contributed by atoms with Gasteiger partial charge in [-0.25, -0.2) is 8.42 Å². The van der Waals surface area contributed by atoms with Gasteiger partial charge in [0.1, 0.15) is 11.9 Å². The molecule has 0 aliphatic rings. The van der Waals surface area contributed by atoms with E-state index in [0.29, 0.717) is 0 Å². The van der Waals surface area contributed by atoms with Crippen molar-refractivity contribution in [1.29, 1.82) is 0 Å². The van der Waals surface area contributed by atoms with E-state index in [1.165, 1.54) is 51.4 Å². The fourth-order valence-electron chi connectivity index (χ4n) is 3.54. The van der Waals surface area contributed by atoms with Gasteiger partial charge >= 0.3 is 29.6 Å². The second-order valence-corrected chi connectivity index (χ2v) is 9.34. The van der Waals surface area contributed by atoms with E-state index in [0.717, 1.165) is 42.6 Å². The number of aryl methyl sites for hydroxylation is 2. The van der Waals surface area contributed by atoms with E-state index >= 15 is 0 Å². The SMILES string of the molecule is CCCCCCCc1cccc(CCCCCCC)c1OC(C)CS(=O)(=O)[O-].[Na+]. The second-order valence-electron chi connectivity index (χ2n) is 7.89. The van der Waals surface area contributed by atoms with Crippen LogP contribution in [0, 0.1) is 0 Å². The second kappa shape index (κ2) is 16.6. The summed E-state index contributed by atoms with van der Waals surface area (Å²) < 4.78 is 39.4. The fraction of sp³-hybridized carbons (Fsp3) is 0.739. The number of benzene rings is 1. The Morgan fingerprint density at radius 3 is 1.72 bits per heavy atom. The molecule has 1 atom stereocenters. The van der Waals surface area contributed by atoms with E-state index in [9.17, 15) is 13.0 Å². The van der Waals surface area contributed by atoms with Crippen LogP contribution in [0.2, 0.25) is 0 Å². The number of unbranched alkanes of at least 4 members (excludes halogenated alkanes) is 8. The van der Waals surface area contributed by atoms with Gasteiger partial charge in [-0.3, -0.25) is 0 Å². The van der Waals surface area contributed by atoms with E-state index in [2.05, 4.69) is 32.0 Å². The van der Waals surface area contributed by atoms with Gasteiger partial charge in [-0.05, 0) is 43.7 Å². The zero-order valence-corrected chi connectivity index (χ0v) is 21.9. The first kappa shape index (κ1) is 28.9. The van der Waals surface area contributed by atoms with Crippen LogP contribution in [0.3, 0.4) is 0 Å². The minimum Gasteiger partial charge on any atom is -0.748 e. The van der Waals surface area contributed by atoms with E-state index in [-0.39, 0.29) is 29.6 Å². The summed E-state index contributed by atoms with van der Waals surface area (Å²) in [4.78, 5) is 0. The first-order valence-electron chi connectivity index (χ1n) is 11.1. The Hall–Kier alpha value is -0.0700. The molecule has 0 aliphatic heterocycles. The Balaban J connectivity index is 0.00000784. The van der Waals surface area contributed by atoms with E-state index in [1.54, 1.807) is 6.92 Å². The molecule has 1 aromatic rings. The molecule has 0 radical (unpaired) electrons. The summed E-state index contributed by atoms with van der Waals surface area (Å²) in [6.07, 6.45) is 13.3. The maximum atomic E-state index is 11.1. The summed E-state index contributed by atoms with van der Waals surface area (Å²) in [5.74, 6) is 0.318. The van der Waals surface area contributed by atoms with Gasteiger partial charge in [-0.2, -0.15) is 0 Å². The molecule has 0 N–H and O–H groups in total. The van der Waals surface area contributed by atoms with Crippen molar-refractivity contribution >= 4 is 10.1 Å². The third-order valence-electron chi connectivity index (χ3n) is 5.04. The van der Waals surface area contributed by atoms with Gasteiger partial charge in [0.05, 0.1) is 15.9 Å². The number of ether oxygens (including phenoxy) is 1. The number of para-hydroxylation sites is 1. The van der Waals surface area contributed by atoms with E-state index in [4.69, 9.17) is 4.74 Å². The van der Waals surface area contributed by atoms with Gasteiger partial charge in [-0.15, -0.1) is 0 Å². The third kappa shape index (κ3) is 13.8. The van der Waals surface area contributed by atoms with E-state index in [1.807, 2.05) is 0 Å².